The van der Waals surface area contributed by atoms with Gasteiger partial charge in [0.05, 0.1) is 0 Å². The normalized spacial score (nSPS) is 0. The first-order chi connectivity index (χ1) is 0. The monoisotopic (exact) mass is 180 g/mol. The van der Waals surface area contributed by atoms with Crippen LogP contribution < -0.4 is 14.1 Å². The van der Waals surface area contributed by atoms with Gasteiger partial charge in [-0.1, -0.05) is 0 Å². The molecule has 0 aliphatic rings. The van der Waals surface area contributed by atoms with Crippen molar-refractivity contribution in [2.75, 3.05) is 0 Å². The first kappa shape index (κ1) is 171. The molecule has 0 heterocycles. The van der Waals surface area contributed by atoms with Crippen LogP contribution in [0, 0.1) is 0 Å². The minimum absolute atomic E-state index is 0. The van der Waals surface area contributed by atoms with Gasteiger partial charge >= 0.3 is 25.3 Å². The molecule has 0 N–H and O–H groups in total. The van der Waals surface area contributed by atoms with E-state index in [1.54, 1.807) is 0 Å². The molecule has 0 atom stereocenters. The van der Waals surface area contributed by atoms with E-state index in [1.165, 1.54) is 0 Å². The molecule has 4 heavy (non-hydrogen) atoms. The summed E-state index contributed by atoms with van der Waals surface area (Å²) in [5.41, 5.74) is 0. The fourth-order valence-electron chi connectivity index (χ4n) is 0. The summed E-state index contributed by atoms with van der Waals surface area (Å²) in [6.07, 6.45) is 0. The molecule has 0 fully saturated rings. The van der Waals surface area contributed by atoms with Crippen molar-refractivity contribution in [1.29, 1.82) is 0 Å². The van der Waals surface area contributed by atoms with E-state index in [0.29, 0.717) is 0 Å². The molecule has 0 nitrogen and oxygen atoms in total. The van der Waals surface area contributed by atoms with Gasteiger partial charge < -0.3 is 14.1 Å². The number of hydrogen-bond acceptors (Lipinski definition) is 0. The summed E-state index contributed by atoms with van der Waals surface area (Å²) in [6.45, 7) is 0. The molecule has 30 valence electrons. The first-order valence-corrected chi connectivity index (χ1v) is 0. The van der Waals surface area contributed by atoms with Crippen LogP contribution in [0.3, 0.4) is 0 Å². The van der Waals surface area contributed by atoms with E-state index < -0.39 is 0 Å². The second-order valence-electron chi connectivity index (χ2n) is 0. The predicted molar refractivity (Wildman–Crippen MR) is 9.66 cm³/mol. The minimum atomic E-state index is 0. The van der Waals surface area contributed by atoms with Crippen LogP contribution in [-0.4, -0.2) is 23.9 Å². The van der Waals surface area contributed by atoms with E-state index in [0.717, 1.165) is 0 Å². The van der Waals surface area contributed by atoms with Crippen LogP contribution in [0.4, 0.5) is 0 Å². The van der Waals surface area contributed by atoms with E-state index >= 15 is 0 Å². The van der Waals surface area contributed by atoms with E-state index in [-0.39, 0.29) is 39.4 Å². The van der Waals surface area contributed by atoms with Crippen LogP contribution in [0.1, 0.15) is 1.43 Å². The Morgan fingerprint density at radius 2 is 0.750 bits per heavy atom. The van der Waals surface area contributed by atoms with Gasteiger partial charge in [0.2, 0.25) is 0 Å². The van der Waals surface area contributed by atoms with Crippen molar-refractivity contribution in [3.05, 3.63) is 0 Å². The van der Waals surface area contributed by atoms with Gasteiger partial charge in [-0.15, -0.1) is 0 Å². The maximum absolute atomic E-state index is 0. The molecule has 0 aliphatic heterocycles. The first-order valence-electron chi connectivity index (χ1n) is 0. The van der Waals surface area contributed by atoms with Gasteiger partial charge in [-0.25, -0.2) is 0 Å². The van der Waals surface area contributed by atoms with Crippen molar-refractivity contribution >= 4 is 23.9 Å². The van der Waals surface area contributed by atoms with Crippen molar-refractivity contribution in [2.24, 2.45) is 0 Å². The van der Waals surface area contributed by atoms with Crippen LogP contribution in [0.5, 0.6) is 0 Å². The molecule has 0 bridgehead atoms. The van der Waals surface area contributed by atoms with Crippen LogP contribution >= 0.6 is 0 Å². The molecule has 0 rings (SSSR count). The van der Waals surface area contributed by atoms with Crippen molar-refractivity contribution in [3.8, 4) is 0 Å². The fourth-order valence-corrected chi connectivity index (χ4v) is 0. The molecular weight excluding hydrogens is 176 g/mol. The Hall–Kier alpha value is 0.589. The van der Waals surface area contributed by atoms with Crippen molar-refractivity contribution in [3.63, 3.8) is 0 Å². The zero-order valence-electron chi connectivity index (χ0n) is 2.84. The van der Waals surface area contributed by atoms with Gasteiger partial charge in [0.25, 0.3) is 0 Å². The maximum atomic E-state index is 0. The number of halogens is 3. The predicted octanol–water partition coefficient (Wildman–Crippen LogP) is -9.79. The summed E-state index contributed by atoms with van der Waals surface area (Å²) in [4.78, 5) is 0. The average molecular weight is 179 g/mol. The van der Waals surface area contributed by atoms with Gasteiger partial charge in [-0.3, -0.25) is 0 Å². The quantitative estimate of drug-likeness (QED) is 0.324. The van der Waals surface area contributed by atoms with Crippen molar-refractivity contribution in [1.82, 2.24) is 0 Å². The van der Waals surface area contributed by atoms with Gasteiger partial charge in [0.1, 0.15) is 0 Å². The van der Waals surface area contributed by atoms with Crippen molar-refractivity contribution in [2.45, 2.75) is 0 Å². The summed E-state index contributed by atoms with van der Waals surface area (Å²) in [5, 5.41) is 0. The van der Waals surface area contributed by atoms with Gasteiger partial charge in [-0.05, 0) is 0 Å². The molecule has 0 saturated heterocycles. The zero-order valence-corrected chi connectivity index (χ0v) is 5.88. The van der Waals surface area contributed by atoms with Crippen LogP contribution in [0.2, 0.25) is 0 Å². The molecule has 0 spiro atoms. The zero-order chi connectivity index (χ0) is 0. The molecule has 0 aromatic carbocycles. The summed E-state index contributed by atoms with van der Waals surface area (Å²) < 4.78 is 0. The Morgan fingerprint density at radius 1 is 0.750 bits per heavy atom. The fraction of sp³-hybridized carbons (Fsp3) is 0. The summed E-state index contributed by atoms with van der Waals surface area (Å²) in [7, 11) is 0. The Morgan fingerprint density at radius 3 is 0.750 bits per heavy atom. The third kappa shape index (κ3) is 18.9. The van der Waals surface area contributed by atoms with E-state index in [1.807, 2.05) is 0 Å². The van der Waals surface area contributed by atoms with Gasteiger partial charge in [-0.2, -0.15) is 0 Å². The van der Waals surface area contributed by atoms with Crippen molar-refractivity contribution < 1.29 is 15.5 Å². The summed E-state index contributed by atoms with van der Waals surface area (Å²) in [5.74, 6) is 0. The van der Waals surface area contributed by atoms with Gasteiger partial charge in [0, 0.05) is 0 Å². The van der Waals surface area contributed by atoms with Crippen LogP contribution in [0.15, 0.2) is 0 Å². The molecule has 0 unspecified atom stereocenters. The molecular formula is H3F3Sn-2. The standard InChI is InChI=1S/3FH.Sn.2H/h3*1H;;;/p-2. The van der Waals surface area contributed by atoms with E-state index in [4.69, 9.17) is 0 Å². The second kappa shape index (κ2) is 69.4. The Balaban J connectivity index is 0. The third-order valence-electron chi connectivity index (χ3n) is 0. The van der Waals surface area contributed by atoms with E-state index in [2.05, 4.69) is 0 Å². The summed E-state index contributed by atoms with van der Waals surface area (Å²) >= 11 is 0. The molecule has 0 aromatic heterocycles. The topological polar surface area (TPSA) is 0 Å². The summed E-state index contributed by atoms with van der Waals surface area (Å²) in [6, 6.07) is 0. The average Bonchev–Trinajstić information content (AvgIpc) is 0. The Bertz CT molecular complexity index is 6.85. The molecule has 4 heteroatoms. The molecule has 0 saturated carbocycles. The second-order valence-corrected chi connectivity index (χ2v) is 0. The third-order valence-corrected chi connectivity index (χ3v) is 0. The Kier molecular flexibility index (Phi) is 2960. The molecule has 0 aromatic rings. The number of hydrogen-bond donors (Lipinski definition) is 0. The molecule has 2 radical (unpaired) electrons. The number of rotatable bonds is 0. The van der Waals surface area contributed by atoms with E-state index in [9.17, 15) is 0 Å². The SMILES string of the molecule is [F-].[F-].[F-].[H+].[SnH2]. The molecule has 0 amide bonds. The van der Waals surface area contributed by atoms with Crippen LogP contribution in [-0.2, 0) is 0 Å². The molecule has 0 aliphatic carbocycles. The Labute approximate surface area is 40.1 Å². The van der Waals surface area contributed by atoms with Gasteiger partial charge in [0.15, 0.2) is 0 Å². The van der Waals surface area contributed by atoms with Crippen LogP contribution in [0.25, 0.3) is 0 Å².